The summed E-state index contributed by atoms with van der Waals surface area (Å²) in [7, 11) is 3.87. The highest BCUT2D eigenvalue weighted by Gasteiger charge is 2.25. The van der Waals surface area contributed by atoms with E-state index in [1.807, 2.05) is 55.5 Å². The van der Waals surface area contributed by atoms with Crippen LogP contribution in [0.2, 0.25) is 5.02 Å². The van der Waals surface area contributed by atoms with Crippen LogP contribution in [0.15, 0.2) is 60.9 Å². The molecule has 2 aromatic carbocycles. The van der Waals surface area contributed by atoms with Gasteiger partial charge < -0.3 is 10.6 Å². The molecule has 8 nitrogen and oxygen atoms in total. The summed E-state index contributed by atoms with van der Waals surface area (Å²) in [6.07, 6.45) is 7.47. The second kappa shape index (κ2) is 9.72. The zero-order valence-corrected chi connectivity index (χ0v) is 21.3. The molecule has 1 fully saturated rings. The van der Waals surface area contributed by atoms with Crippen LogP contribution in [0.1, 0.15) is 18.4 Å². The summed E-state index contributed by atoms with van der Waals surface area (Å²) >= 11 is 6.09. The molecule has 1 aliphatic carbocycles. The summed E-state index contributed by atoms with van der Waals surface area (Å²) in [6, 6.07) is 13.9. The molecule has 0 aliphatic heterocycles. The number of likely N-dealkylation sites (N-methyl/N-ethyl adjacent to an activating group) is 2. The Balaban J connectivity index is 1.50. The van der Waals surface area contributed by atoms with Gasteiger partial charge in [-0.3, -0.25) is 9.69 Å². The van der Waals surface area contributed by atoms with E-state index in [9.17, 15) is 4.79 Å². The summed E-state index contributed by atoms with van der Waals surface area (Å²) in [6.45, 7) is 2.74. The molecular formula is C27H28ClN7O. The second-order valence-corrected chi connectivity index (χ2v) is 9.60. The fraction of sp³-hybridized carbons (Fsp3) is 0.259. The molecule has 5 rings (SSSR count). The van der Waals surface area contributed by atoms with E-state index in [1.54, 1.807) is 22.7 Å². The van der Waals surface area contributed by atoms with Crippen molar-refractivity contribution < 1.29 is 4.79 Å². The van der Waals surface area contributed by atoms with E-state index in [0.717, 1.165) is 29.0 Å². The number of carbonyl (C=O) groups is 1. The molecule has 2 N–H and O–H groups in total. The van der Waals surface area contributed by atoms with Crippen molar-refractivity contribution in [1.29, 1.82) is 0 Å². The summed E-state index contributed by atoms with van der Waals surface area (Å²) in [5.41, 5.74) is 10.9. The quantitative estimate of drug-likeness (QED) is 0.371. The lowest BCUT2D eigenvalue weighted by Crippen LogP contribution is -2.26. The molecule has 1 amide bonds. The van der Waals surface area contributed by atoms with Gasteiger partial charge in [0.05, 0.1) is 11.1 Å². The topological polar surface area (TPSA) is 93.2 Å². The van der Waals surface area contributed by atoms with Gasteiger partial charge in [0.2, 0.25) is 5.91 Å². The molecule has 0 radical (unpaired) electrons. The maximum Gasteiger partial charge on any atom is 0.250 e. The van der Waals surface area contributed by atoms with Gasteiger partial charge in [-0.1, -0.05) is 35.9 Å². The average molecular weight is 502 g/mol. The van der Waals surface area contributed by atoms with Gasteiger partial charge in [0.25, 0.3) is 0 Å². The summed E-state index contributed by atoms with van der Waals surface area (Å²) in [4.78, 5) is 25.5. The smallest absolute Gasteiger partial charge is 0.250 e. The Kier molecular flexibility index (Phi) is 6.47. The molecule has 0 saturated heterocycles. The molecule has 0 bridgehead atoms. The SMILES string of the molecule is Cc1ccc(-n2nc(-c3ccc(Cl)cc3)c3c(N)ncnc32)cc1N(C)C(=O)C=CCN(C)C1CC1. The van der Waals surface area contributed by atoms with Crippen LogP contribution in [0.3, 0.4) is 0 Å². The van der Waals surface area contributed by atoms with Crippen LogP contribution in [0.4, 0.5) is 11.5 Å². The van der Waals surface area contributed by atoms with Crippen molar-refractivity contribution in [2.75, 3.05) is 31.3 Å². The third-order valence-electron chi connectivity index (χ3n) is 6.56. The number of halogens is 1. The number of anilines is 2. The lowest BCUT2D eigenvalue weighted by molar-refractivity contribution is -0.113. The lowest BCUT2D eigenvalue weighted by Gasteiger charge is -2.19. The Hall–Kier alpha value is -3.75. The number of carbonyl (C=O) groups excluding carboxylic acids is 1. The third kappa shape index (κ3) is 4.69. The van der Waals surface area contributed by atoms with E-state index in [2.05, 4.69) is 21.9 Å². The monoisotopic (exact) mass is 501 g/mol. The van der Waals surface area contributed by atoms with Crippen LogP contribution in [-0.4, -0.2) is 57.2 Å². The zero-order chi connectivity index (χ0) is 25.4. The summed E-state index contributed by atoms with van der Waals surface area (Å²) in [5.74, 6) is 0.260. The number of nitrogen functional groups attached to an aromatic ring is 1. The van der Waals surface area contributed by atoms with Gasteiger partial charge >= 0.3 is 0 Å². The number of hydrogen-bond acceptors (Lipinski definition) is 6. The molecule has 0 spiro atoms. The number of rotatable bonds is 7. The van der Waals surface area contributed by atoms with Crippen LogP contribution >= 0.6 is 11.6 Å². The van der Waals surface area contributed by atoms with Gasteiger partial charge in [0.1, 0.15) is 17.8 Å². The highest BCUT2D eigenvalue weighted by molar-refractivity contribution is 6.30. The standard InChI is InChI=1S/C27H28ClN7O/c1-17-6-11-21(15-22(17)34(3)23(36)5-4-14-33(2)20-12-13-20)35-27-24(26(29)30-16-31-27)25(32-35)18-7-9-19(28)10-8-18/h4-11,15-16,20H,12-14H2,1-3H3,(H2,29,30,31). The van der Waals surface area contributed by atoms with Gasteiger partial charge in [-0.2, -0.15) is 5.10 Å². The van der Waals surface area contributed by atoms with Crippen LogP contribution in [0.25, 0.3) is 28.0 Å². The van der Waals surface area contributed by atoms with E-state index in [-0.39, 0.29) is 5.91 Å². The molecule has 4 aromatic rings. The van der Waals surface area contributed by atoms with Crippen molar-refractivity contribution in [3.63, 3.8) is 0 Å². The first-order chi connectivity index (χ1) is 17.3. The largest absolute Gasteiger partial charge is 0.383 e. The van der Waals surface area contributed by atoms with Crippen molar-refractivity contribution in [2.24, 2.45) is 0 Å². The Morgan fingerprint density at radius 3 is 2.64 bits per heavy atom. The van der Waals surface area contributed by atoms with Gasteiger partial charge in [-0.15, -0.1) is 0 Å². The van der Waals surface area contributed by atoms with E-state index in [0.29, 0.717) is 33.6 Å². The van der Waals surface area contributed by atoms with Crippen LogP contribution < -0.4 is 10.6 Å². The van der Waals surface area contributed by atoms with Crippen molar-refractivity contribution in [2.45, 2.75) is 25.8 Å². The highest BCUT2D eigenvalue weighted by atomic mass is 35.5. The number of amides is 1. The molecule has 184 valence electrons. The fourth-order valence-electron chi connectivity index (χ4n) is 4.27. The minimum absolute atomic E-state index is 0.0850. The number of aryl methyl sites for hydroxylation is 1. The Bertz CT molecular complexity index is 1460. The first-order valence-electron chi connectivity index (χ1n) is 11.8. The average Bonchev–Trinajstić information content (AvgIpc) is 3.65. The van der Waals surface area contributed by atoms with Gasteiger partial charge in [0.15, 0.2) is 5.65 Å². The minimum Gasteiger partial charge on any atom is -0.383 e. The Labute approximate surface area is 215 Å². The number of fused-ring (bicyclic) bond motifs is 1. The molecule has 2 aromatic heterocycles. The third-order valence-corrected chi connectivity index (χ3v) is 6.82. The van der Waals surface area contributed by atoms with Crippen molar-refractivity contribution in [3.8, 4) is 16.9 Å². The van der Waals surface area contributed by atoms with E-state index < -0.39 is 0 Å². The van der Waals surface area contributed by atoms with Crippen LogP contribution in [-0.2, 0) is 4.79 Å². The lowest BCUT2D eigenvalue weighted by atomic mass is 10.1. The van der Waals surface area contributed by atoms with Crippen LogP contribution in [0, 0.1) is 6.92 Å². The normalized spacial score (nSPS) is 13.7. The van der Waals surface area contributed by atoms with E-state index in [1.165, 1.54) is 19.2 Å². The van der Waals surface area contributed by atoms with Gasteiger partial charge in [-0.05, 0) is 56.6 Å². The molecule has 0 unspecified atom stereocenters. The van der Waals surface area contributed by atoms with Crippen LogP contribution in [0.5, 0.6) is 0 Å². The van der Waals surface area contributed by atoms with E-state index in [4.69, 9.17) is 22.4 Å². The zero-order valence-electron chi connectivity index (χ0n) is 20.5. The molecule has 2 heterocycles. The second-order valence-electron chi connectivity index (χ2n) is 9.17. The maximum absolute atomic E-state index is 12.9. The highest BCUT2D eigenvalue weighted by Crippen LogP contribution is 2.33. The van der Waals surface area contributed by atoms with Crippen molar-refractivity contribution in [3.05, 3.63) is 71.5 Å². The minimum atomic E-state index is -0.0850. The number of hydrogen-bond donors (Lipinski definition) is 1. The molecule has 0 atom stereocenters. The number of aromatic nitrogens is 4. The summed E-state index contributed by atoms with van der Waals surface area (Å²) in [5, 5.41) is 6.15. The molecule has 1 aliphatic rings. The first kappa shape index (κ1) is 24.0. The van der Waals surface area contributed by atoms with Crippen molar-refractivity contribution in [1.82, 2.24) is 24.6 Å². The summed E-state index contributed by atoms with van der Waals surface area (Å²) < 4.78 is 1.74. The molecule has 9 heteroatoms. The Morgan fingerprint density at radius 1 is 1.17 bits per heavy atom. The van der Waals surface area contributed by atoms with Gasteiger partial charge in [0, 0.05) is 42.0 Å². The fourth-order valence-corrected chi connectivity index (χ4v) is 4.40. The maximum atomic E-state index is 12.9. The number of benzene rings is 2. The Morgan fingerprint density at radius 2 is 1.92 bits per heavy atom. The molecule has 1 saturated carbocycles. The predicted octanol–water partition coefficient (Wildman–Crippen LogP) is 4.64. The molecule has 36 heavy (non-hydrogen) atoms. The predicted molar refractivity (Wildman–Crippen MR) is 144 cm³/mol. The molecular weight excluding hydrogens is 474 g/mol. The van der Waals surface area contributed by atoms with E-state index >= 15 is 0 Å². The number of nitrogens with two attached hydrogens (primary N) is 1. The van der Waals surface area contributed by atoms with Crippen molar-refractivity contribution >= 4 is 40.0 Å². The number of nitrogens with zero attached hydrogens (tertiary/aromatic N) is 6. The first-order valence-corrected chi connectivity index (χ1v) is 12.2. The van der Waals surface area contributed by atoms with Gasteiger partial charge in [-0.25, -0.2) is 14.6 Å².